The topological polar surface area (TPSA) is 38.7 Å². The molecule has 0 amide bonds. The number of aliphatic hydroxyl groups is 1. The summed E-state index contributed by atoms with van der Waals surface area (Å²) < 4.78 is 10.4. The Morgan fingerprint density at radius 1 is 1.50 bits per heavy atom. The molecule has 1 N–H and O–H groups in total. The van der Waals surface area contributed by atoms with E-state index in [1.54, 1.807) is 7.11 Å². The van der Waals surface area contributed by atoms with E-state index in [1.165, 1.54) is 0 Å². The zero-order valence-corrected chi connectivity index (χ0v) is 9.91. The van der Waals surface area contributed by atoms with Gasteiger partial charge in [-0.3, -0.25) is 0 Å². The highest BCUT2D eigenvalue weighted by Gasteiger charge is 2.30. The van der Waals surface area contributed by atoms with Crippen molar-refractivity contribution in [1.82, 2.24) is 0 Å². The van der Waals surface area contributed by atoms with E-state index in [-0.39, 0.29) is 12.9 Å². The number of halogens is 1. The number of rotatable bonds is 3. The van der Waals surface area contributed by atoms with Gasteiger partial charge >= 0.3 is 0 Å². The monoisotopic (exact) mass is 242 g/mol. The van der Waals surface area contributed by atoms with Gasteiger partial charge in [-0.2, -0.15) is 0 Å². The normalized spacial score (nSPS) is 24.2. The van der Waals surface area contributed by atoms with E-state index in [2.05, 4.69) is 0 Å². The molecule has 1 aromatic carbocycles. The van der Waals surface area contributed by atoms with E-state index < -0.39 is 6.10 Å². The third-order valence-electron chi connectivity index (χ3n) is 2.85. The Morgan fingerprint density at radius 3 is 3.06 bits per heavy atom. The minimum atomic E-state index is -0.512. The van der Waals surface area contributed by atoms with Crippen LogP contribution in [0.2, 0.25) is 5.02 Å². The third kappa shape index (κ3) is 2.23. The van der Waals surface area contributed by atoms with Crippen LogP contribution in [0.5, 0.6) is 0 Å². The highest BCUT2D eigenvalue weighted by Crippen LogP contribution is 2.37. The molecule has 0 saturated heterocycles. The molecule has 1 aromatic rings. The van der Waals surface area contributed by atoms with Crippen molar-refractivity contribution in [3.63, 3.8) is 0 Å². The van der Waals surface area contributed by atoms with Crippen LogP contribution in [0, 0.1) is 0 Å². The largest absolute Gasteiger partial charge is 0.390 e. The van der Waals surface area contributed by atoms with Crippen LogP contribution in [0.4, 0.5) is 0 Å². The second kappa shape index (κ2) is 5.15. The van der Waals surface area contributed by atoms with Gasteiger partial charge in [-0.05, 0) is 24.5 Å². The Morgan fingerprint density at radius 2 is 2.31 bits per heavy atom. The second-order valence-corrected chi connectivity index (χ2v) is 4.32. The number of fused-ring (bicyclic) bond motifs is 1. The zero-order valence-electron chi connectivity index (χ0n) is 9.15. The molecule has 3 nitrogen and oxygen atoms in total. The smallest absolute Gasteiger partial charge is 0.147 e. The van der Waals surface area contributed by atoms with Crippen molar-refractivity contribution in [1.29, 1.82) is 0 Å². The minimum Gasteiger partial charge on any atom is -0.390 e. The Kier molecular flexibility index (Phi) is 3.82. The van der Waals surface area contributed by atoms with Crippen molar-refractivity contribution >= 4 is 11.6 Å². The van der Waals surface area contributed by atoms with Crippen LogP contribution in [0.3, 0.4) is 0 Å². The molecule has 0 fully saturated rings. The summed E-state index contributed by atoms with van der Waals surface area (Å²) >= 11 is 6.15. The van der Waals surface area contributed by atoms with Crippen LogP contribution in [0.15, 0.2) is 18.2 Å². The predicted octanol–water partition coefficient (Wildman–Crippen LogP) is 2.31. The number of aliphatic hydroxyl groups excluding tert-OH is 1. The SMILES string of the molecule is COCO[C@H]1c2c(Cl)cccc2CC[C@H]1O. The number of methoxy groups -OCH3 is 1. The molecule has 1 aliphatic carbocycles. The van der Waals surface area contributed by atoms with E-state index in [1.807, 2.05) is 18.2 Å². The van der Waals surface area contributed by atoms with E-state index >= 15 is 0 Å². The minimum absolute atomic E-state index is 0.159. The van der Waals surface area contributed by atoms with E-state index in [4.69, 9.17) is 21.1 Å². The second-order valence-electron chi connectivity index (χ2n) is 3.91. The van der Waals surface area contributed by atoms with Gasteiger partial charge < -0.3 is 14.6 Å². The summed E-state index contributed by atoms with van der Waals surface area (Å²) in [5, 5.41) is 10.6. The lowest BCUT2D eigenvalue weighted by Crippen LogP contribution is -2.28. The fourth-order valence-corrected chi connectivity index (χ4v) is 2.40. The van der Waals surface area contributed by atoms with Crippen LogP contribution in [0.1, 0.15) is 23.7 Å². The molecule has 4 heteroatoms. The molecule has 88 valence electrons. The lowest BCUT2D eigenvalue weighted by Gasteiger charge is -2.30. The first-order chi connectivity index (χ1) is 7.74. The van der Waals surface area contributed by atoms with Crippen LogP contribution in [-0.4, -0.2) is 25.1 Å². The first-order valence-corrected chi connectivity index (χ1v) is 5.67. The van der Waals surface area contributed by atoms with Crippen LogP contribution in [-0.2, 0) is 15.9 Å². The van der Waals surface area contributed by atoms with Crippen molar-refractivity contribution in [2.24, 2.45) is 0 Å². The highest BCUT2D eigenvalue weighted by atomic mass is 35.5. The fourth-order valence-electron chi connectivity index (χ4n) is 2.10. The summed E-state index contributed by atoms with van der Waals surface area (Å²) in [5.74, 6) is 0. The van der Waals surface area contributed by atoms with Gasteiger partial charge in [0, 0.05) is 17.7 Å². The number of ether oxygens (including phenoxy) is 2. The van der Waals surface area contributed by atoms with Gasteiger partial charge in [-0.1, -0.05) is 23.7 Å². The van der Waals surface area contributed by atoms with E-state index in [0.29, 0.717) is 11.4 Å². The third-order valence-corrected chi connectivity index (χ3v) is 3.18. The van der Waals surface area contributed by atoms with Crippen LogP contribution < -0.4 is 0 Å². The maximum Gasteiger partial charge on any atom is 0.147 e. The van der Waals surface area contributed by atoms with Crippen molar-refractivity contribution < 1.29 is 14.6 Å². The Bertz CT molecular complexity index is 367. The summed E-state index contributed by atoms with van der Waals surface area (Å²) in [4.78, 5) is 0. The maximum atomic E-state index is 9.93. The van der Waals surface area contributed by atoms with Gasteiger partial charge in [0.1, 0.15) is 12.9 Å². The Labute approximate surface area is 99.9 Å². The number of benzene rings is 1. The molecular weight excluding hydrogens is 228 g/mol. The molecule has 0 aliphatic heterocycles. The molecule has 1 aliphatic rings. The average Bonchev–Trinajstić information content (AvgIpc) is 2.28. The van der Waals surface area contributed by atoms with E-state index in [0.717, 1.165) is 17.5 Å². The summed E-state index contributed by atoms with van der Waals surface area (Å²) in [6, 6.07) is 5.77. The van der Waals surface area contributed by atoms with Gasteiger partial charge in [-0.25, -0.2) is 0 Å². The molecule has 0 bridgehead atoms. The standard InChI is InChI=1S/C12H15ClO3/c1-15-7-16-12-10(14)6-5-8-3-2-4-9(13)11(8)12/h2-4,10,12,14H,5-7H2,1H3/t10-,12-/m1/s1. The van der Waals surface area contributed by atoms with Gasteiger partial charge in [0.05, 0.1) is 6.10 Å². The summed E-state index contributed by atoms with van der Waals surface area (Å²) in [6.07, 6.45) is 0.644. The van der Waals surface area contributed by atoms with Gasteiger partial charge in [0.2, 0.25) is 0 Å². The zero-order chi connectivity index (χ0) is 11.5. The quantitative estimate of drug-likeness (QED) is 0.827. The number of aryl methyl sites for hydroxylation is 1. The molecule has 0 saturated carbocycles. The molecular formula is C12H15ClO3. The maximum absolute atomic E-state index is 9.93. The lowest BCUT2D eigenvalue weighted by atomic mass is 9.87. The van der Waals surface area contributed by atoms with Crippen LogP contribution >= 0.6 is 11.6 Å². The number of hydrogen-bond acceptors (Lipinski definition) is 3. The molecule has 0 heterocycles. The average molecular weight is 243 g/mol. The molecule has 16 heavy (non-hydrogen) atoms. The molecule has 2 rings (SSSR count). The van der Waals surface area contributed by atoms with Crippen molar-refractivity contribution in [2.75, 3.05) is 13.9 Å². The summed E-state index contributed by atoms with van der Waals surface area (Å²) in [7, 11) is 1.56. The van der Waals surface area contributed by atoms with Crippen molar-refractivity contribution in [2.45, 2.75) is 25.0 Å². The molecule has 2 atom stereocenters. The molecule has 0 spiro atoms. The highest BCUT2D eigenvalue weighted by molar-refractivity contribution is 6.31. The number of hydrogen-bond donors (Lipinski definition) is 1. The van der Waals surface area contributed by atoms with Gasteiger partial charge in [0.15, 0.2) is 0 Å². The van der Waals surface area contributed by atoms with Crippen LogP contribution in [0.25, 0.3) is 0 Å². The molecule has 0 unspecified atom stereocenters. The molecule has 0 aromatic heterocycles. The molecule has 0 radical (unpaired) electrons. The lowest BCUT2D eigenvalue weighted by molar-refractivity contribution is -0.119. The summed E-state index contributed by atoms with van der Waals surface area (Å²) in [6.45, 7) is 0.159. The first-order valence-electron chi connectivity index (χ1n) is 5.30. The Hall–Kier alpha value is -0.610. The Balaban J connectivity index is 2.31. The van der Waals surface area contributed by atoms with Crippen molar-refractivity contribution in [3.05, 3.63) is 34.3 Å². The fraction of sp³-hybridized carbons (Fsp3) is 0.500. The van der Waals surface area contributed by atoms with Crippen molar-refractivity contribution in [3.8, 4) is 0 Å². The summed E-state index contributed by atoms with van der Waals surface area (Å²) in [5.41, 5.74) is 2.05. The first kappa shape index (κ1) is 11.9. The van der Waals surface area contributed by atoms with E-state index in [9.17, 15) is 5.11 Å². The van der Waals surface area contributed by atoms with Gasteiger partial charge in [0.25, 0.3) is 0 Å². The van der Waals surface area contributed by atoms with Gasteiger partial charge in [-0.15, -0.1) is 0 Å². The predicted molar refractivity (Wildman–Crippen MR) is 61.5 cm³/mol.